The molecule has 2 unspecified atom stereocenters. The first-order valence-corrected chi connectivity index (χ1v) is 9.28. The molecule has 0 bridgehead atoms. The van der Waals surface area contributed by atoms with Crippen molar-refractivity contribution < 1.29 is 17.9 Å². The lowest BCUT2D eigenvalue weighted by molar-refractivity contribution is -0.128. The minimum Gasteiger partial charge on any atom is -0.480 e. The first-order chi connectivity index (χ1) is 10.4. The van der Waals surface area contributed by atoms with Gasteiger partial charge in [0.25, 0.3) is 5.91 Å². The number of ether oxygens (including phenoxy) is 1. The number of rotatable bonds is 3. The van der Waals surface area contributed by atoms with Crippen LogP contribution in [-0.4, -0.2) is 50.1 Å². The maximum absolute atomic E-state index is 12.3. The summed E-state index contributed by atoms with van der Waals surface area (Å²) in [7, 11) is -3.21. The molecule has 0 spiro atoms. The molecule has 1 aromatic rings. The molecule has 6 nitrogen and oxygen atoms in total. The van der Waals surface area contributed by atoms with Crippen molar-refractivity contribution in [2.75, 3.05) is 19.3 Å². The molecule has 2 atom stereocenters. The average Bonchev–Trinajstić information content (AvgIpc) is 2.90. The molecule has 1 N–H and O–H groups in total. The van der Waals surface area contributed by atoms with Gasteiger partial charge in [-0.15, -0.1) is 0 Å². The lowest BCUT2D eigenvalue weighted by Gasteiger charge is -2.31. The van der Waals surface area contributed by atoms with Crippen LogP contribution in [-0.2, 0) is 21.2 Å². The predicted octanol–water partition coefficient (Wildman–Crippen LogP) is 0.530. The van der Waals surface area contributed by atoms with E-state index in [-0.39, 0.29) is 11.9 Å². The number of carbonyl (C=O) groups is 1. The normalized spacial score (nSPS) is 25.3. The second kappa shape index (κ2) is 5.89. The Kier molecular flexibility index (Phi) is 4.10. The van der Waals surface area contributed by atoms with E-state index in [1.807, 2.05) is 24.3 Å². The highest BCUT2D eigenvalue weighted by molar-refractivity contribution is 7.88. The van der Waals surface area contributed by atoms with Gasteiger partial charge in [-0.3, -0.25) is 4.79 Å². The Morgan fingerprint density at radius 3 is 2.86 bits per heavy atom. The van der Waals surface area contributed by atoms with Crippen molar-refractivity contribution in [2.45, 2.75) is 31.4 Å². The van der Waals surface area contributed by atoms with Crippen LogP contribution in [0.1, 0.15) is 18.4 Å². The third-order valence-corrected chi connectivity index (χ3v) is 5.41. The van der Waals surface area contributed by atoms with Crippen LogP contribution in [0.3, 0.4) is 0 Å². The van der Waals surface area contributed by atoms with Crippen molar-refractivity contribution >= 4 is 15.9 Å². The van der Waals surface area contributed by atoms with Crippen molar-refractivity contribution in [3.63, 3.8) is 0 Å². The molecule has 0 radical (unpaired) electrons. The maximum atomic E-state index is 12.3. The number of hydrogen-bond donors (Lipinski definition) is 1. The van der Waals surface area contributed by atoms with E-state index in [9.17, 15) is 13.2 Å². The van der Waals surface area contributed by atoms with Gasteiger partial charge in [0.1, 0.15) is 5.75 Å². The monoisotopic (exact) mass is 324 g/mol. The van der Waals surface area contributed by atoms with Crippen LogP contribution in [0.15, 0.2) is 24.3 Å². The van der Waals surface area contributed by atoms with Gasteiger partial charge in [-0.05, 0) is 24.5 Å². The molecular weight excluding hydrogens is 304 g/mol. The molecule has 120 valence electrons. The van der Waals surface area contributed by atoms with Crippen LogP contribution >= 0.6 is 0 Å². The summed E-state index contributed by atoms with van der Waals surface area (Å²) in [6.07, 6.45) is 2.78. The molecule has 0 saturated carbocycles. The Bertz CT molecular complexity index is 649. The van der Waals surface area contributed by atoms with Crippen molar-refractivity contribution in [2.24, 2.45) is 0 Å². The number of carbonyl (C=O) groups excluding carboxylic acids is 1. The van der Waals surface area contributed by atoms with E-state index >= 15 is 0 Å². The Hall–Kier alpha value is -1.60. The van der Waals surface area contributed by atoms with E-state index in [1.165, 1.54) is 10.6 Å². The van der Waals surface area contributed by atoms with E-state index in [2.05, 4.69) is 5.32 Å². The molecule has 7 heteroatoms. The van der Waals surface area contributed by atoms with Crippen molar-refractivity contribution in [1.82, 2.24) is 9.62 Å². The Morgan fingerprint density at radius 2 is 2.14 bits per heavy atom. The lowest BCUT2D eigenvalue weighted by atomic mass is 10.1. The minimum atomic E-state index is -3.21. The van der Waals surface area contributed by atoms with Gasteiger partial charge >= 0.3 is 0 Å². The van der Waals surface area contributed by atoms with E-state index < -0.39 is 16.1 Å². The largest absolute Gasteiger partial charge is 0.480 e. The molecule has 3 rings (SSSR count). The second-order valence-electron chi connectivity index (χ2n) is 5.89. The number of sulfonamides is 1. The summed E-state index contributed by atoms with van der Waals surface area (Å²) in [6.45, 7) is 0.862. The number of nitrogens with one attached hydrogen (secondary N) is 1. The van der Waals surface area contributed by atoms with E-state index in [4.69, 9.17) is 4.74 Å². The number of amides is 1. The van der Waals surface area contributed by atoms with Gasteiger partial charge in [-0.2, -0.15) is 0 Å². The first kappa shape index (κ1) is 15.3. The highest BCUT2D eigenvalue weighted by Gasteiger charge is 2.32. The average molecular weight is 324 g/mol. The van der Waals surface area contributed by atoms with Crippen molar-refractivity contribution in [3.8, 4) is 5.75 Å². The Balaban J connectivity index is 1.59. The van der Waals surface area contributed by atoms with Gasteiger partial charge in [0.2, 0.25) is 10.0 Å². The van der Waals surface area contributed by atoms with E-state index in [0.717, 1.165) is 24.2 Å². The number of piperidine rings is 1. The second-order valence-corrected chi connectivity index (χ2v) is 7.87. The molecule has 2 aliphatic rings. The van der Waals surface area contributed by atoms with Gasteiger partial charge in [0.15, 0.2) is 6.10 Å². The van der Waals surface area contributed by atoms with Crippen LogP contribution in [0.4, 0.5) is 0 Å². The van der Waals surface area contributed by atoms with Crippen LogP contribution in [0.25, 0.3) is 0 Å². The fourth-order valence-corrected chi connectivity index (χ4v) is 3.90. The van der Waals surface area contributed by atoms with E-state index in [0.29, 0.717) is 19.5 Å². The predicted molar refractivity (Wildman–Crippen MR) is 82.1 cm³/mol. The highest BCUT2D eigenvalue weighted by Crippen LogP contribution is 2.28. The summed E-state index contributed by atoms with van der Waals surface area (Å²) < 4.78 is 30.3. The quantitative estimate of drug-likeness (QED) is 0.880. The molecule has 22 heavy (non-hydrogen) atoms. The molecule has 2 heterocycles. The molecule has 2 aliphatic heterocycles. The molecule has 1 fully saturated rings. The van der Waals surface area contributed by atoms with Gasteiger partial charge in [0.05, 0.1) is 6.26 Å². The zero-order valence-electron chi connectivity index (χ0n) is 12.5. The number of benzene rings is 1. The van der Waals surface area contributed by atoms with Gasteiger partial charge in [0, 0.05) is 25.6 Å². The van der Waals surface area contributed by atoms with Crippen molar-refractivity contribution in [3.05, 3.63) is 29.8 Å². The number of hydrogen-bond acceptors (Lipinski definition) is 4. The van der Waals surface area contributed by atoms with Crippen LogP contribution in [0, 0.1) is 0 Å². The third-order valence-electron chi connectivity index (χ3n) is 4.14. The topological polar surface area (TPSA) is 75.7 Å². The molecule has 1 amide bonds. The summed E-state index contributed by atoms with van der Waals surface area (Å²) in [4.78, 5) is 12.3. The molecule has 0 aliphatic carbocycles. The maximum Gasteiger partial charge on any atom is 0.261 e. The minimum absolute atomic E-state index is 0.150. The number of para-hydroxylation sites is 1. The molecule has 1 saturated heterocycles. The van der Waals surface area contributed by atoms with Gasteiger partial charge in [-0.25, -0.2) is 12.7 Å². The summed E-state index contributed by atoms with van der Waals surface area (Å²) in [5, 5.41) is 2.93. The summed E-state index contributed by atoms with van der Waals surface area (Å²) in [6, 6.07) is 7.46. The fourth-order valence-electron chi connectivity index (χ4n) is 2.98. The SMILES string of the molecule is CS(=O)(=O)N1CCCC(NC(=O)C2Cc3ccccc3O2)C1. The summed E-state index contributed by atoms with van der Waals surface area (Å²) in [5.74, 6) is 0.584. The third kappa shape index (κ3) is 3.25. The fraction of sp³-hybridized carbons (Fsp3) is 0.533. The summed E-state index contributed by atoms with van der Waals surface area (Å²) in [5.41, 5.74) is 1.03. The van der Waals surface area contributed by atoms with Crippen molar-refractivity contribution in [1.29, 1.82) is 0 Å². The zero-order chi connectivity index (χ0) is 15.7. The van der Waals surface area contributed by atoms with Crippen LogP contribution in [0.2, 0.25) is 0 Å². The highest BCUT2D eigenvalue weighted by atomic mass is 32.2. The number of fused-ring (bicyclic) bond motifs is 1. The Morgan fingerprint density at radius 1 is 1.36 bits per heavy atom. The number of nitrogens with zero attached hydrogens (tertiary/aromatic N) is 1. The Labute approximate surface area is 130 Å². The van der Waals surface area contributed by atoms with Gasteiger partial charge < -0.3 is 10.1 Å². The first-order valence-electron chi connectivity index (χ1n) is 7.43. The van der Waals surface area contributed by atoms with E-state index in [1.54, 1.807) is 0 Å². The molecule has 0 aromatic heterocycles. The molecule has 1 aromatic carbocycles. The summed E-state index contributed by atoms with van der Waals surface area (Å²) >= 11 is 0. The lowest BCUT2D eigenvalue weighted by Crippen LogP contribution is -2.52. The zero-order valence-corrected chi connectivity index (χ0v) is 13.3. The standard InChI is InChI=1S/C15H20N2O4S/c1-22(19,20)17-8-4-6-12(10-17)16-15(18)14-9-11-5-2-3-7-13(11)21-14/h2-3,5,7,12,14H,4,6,8-10H2,1H3,(H,16,18). The van der Waals surface area contributed by atoms with Crippen LogP contribution in [0.5, 0.6) is 5.75 Å². The van der Waals surface area contributed by atoms with Gasteiger partial charge in [-0.1, -0.05) is 18.2 Å². The smallest absolute Gasteiger partial charge is 0.261 e. The molecular formula is C15H20N2O4S. The van der Waals surface area contributed by atoms with Crippen LogP contribution < -0.4 is 10.1 Å².